The Kier molecular flexibility index (Phi) is 2.06. The molecule has 1 aromatic heterocycles. The minimum absolute atomic E-state index is 0.261. The Balaban J connectivity index is 2.80. The van der Waals surface area contributed by atoms with Gasteiger partial charge in [0.05, 0.1) is 10.6 Å². The molecule has 0 aliphatic rings. The summed E-state index contributed by atoms with van der Waals surface area (Å²) < 4.78 is 0.913. The van der Waals surface area contributed by atoms with Gasteiger partial charge in [-0.1, -0.05) is 0 Å². The summed E-state index contributed by atoms with van der Waals surface area (Å²) >= 11 is 7.21. The van der Waals surface area contributed by atoms with Gasteiger partial charge in [0.2, 0.25) is 0 Å². The molecule has 68 valence electrons. The summed E-state index contributed by atoms with van der Waals surface area (Å²) in [7, 11) is 0. The molecular weight excluding hydrogens is 206 g/mol. The number of phenols is 1. The van der Waals surface area contributed by atoms with Crippen LogP contribution in [0.2, 0.25) is 0 Å². The number of thiophene rings is 1. The Morgan fingerprint density at radius 1 is 1.46 bits per heavy atom. The Morgan fingerprint density at radius 2 is 2.23 bits per heavy atom. The number of anilines is 1. The first kappa shape index (κ1) is 8.66. The summed E-state index contributed by atoms with van der Waals surface area (Å²) in [5.41, 5.74) is 6.44. The minimum Gasteiger partial charge on any atom is -0.507 e. The summed E-state index contributed by atoms with van der Waals surface area (Å²) in [6.07, 6.45) is 0. The van der Waals surface area contributed by atoms with Crippen molar-refractivity contribution in [3.63, 3.8) is 0 Å². The van der Waals surface area contributed by atoms with Gasteiger partial charge >= 0.3 is 0 Å². The summed E-state index contributed by atoms with van der Waals surface area (Å²) in [6, 6.07) is 5.17. The number of halogens is 1. The third kappa shape index (κ3) is 1.34. The van der Waals surface area contributed by atoms with Gasteiger partial charge in [0.15, 0.2) is 0 Å². The lowest BCUT2D eigenvalue weighted by Crippen LogP contribution is -1.82. The van der Waals surface area contributed by atoms with Crippen molar-refractivity contribution in [2.75, 3.05) is 5.73 Å². The Hall–Kier alpha value is -0.930. The van der Waals surface area contributed by atoms with E-state index in [4.69, 9.17) is 17.3 Å². The molecule has 4 heteroatoms. The molecule has 13 heavy (non-hydrogen) atoms. The summed E-state index contributed by atoms with van der Waals surface area (Å²) in [5, 5.41) is 10.3. The average Bonchev–Trinajstić information content (AvgIpc) is 2.56. The summed E-state index contributed by atoms with van der Waals surface area (Å²) in [4.78, 5) is 1.02. The van der Waals surface area contributed by atoms with E-state index in [0.29, 0.717) is 11.6 Å². The van der Waals surface area contributed by atoms with Crippen LogP contribution in [0, 0.1) is 0 Å². The average molecular weight is 214 g/mol. The number of rotatable bonds is 1. The third-order valence-corrected chi connectivity index (χ3v) is 3.50. The van der Waals surface area contributed by atoms with Crippen molar-refractivity contribution in [1.29, 1.82) is 0 Å². The fourth-order valence-corrected chi connectivity index (χ4v) is 2.44. The molecule has 1 heterocycles. The molecule has 0 bridgehead atoms. The normalized spacial score (nSPS) is 10.8. The van der Waals surface area contributed by atoms with Crippen molar-refractivity contribution < 1.29 is 5.11 Å². The molecule has 0 amide bonds. The van der Waals surface area contributed by atoms with Crippen LogP contribution in [0.25, 0.3) is 10.1 Å². The van der Waals surface area contributed by atoms with Crippen molar-refractivity contribution in [2.45, 2.75) is 5.88 Å². The molecule has 0 radical (unpaired) electrons. The van der Waals surface area contributed by atoms with E-state index in [2.05, 4.69) is 0 Å². The lowest BCUT2D eigenvalue weighted by molar-refractivity contribution is 0.482. The summed E-state index contributed by atoms with van der Waals surface area (Å²) in [5.74, 6) is 0.718. The third-order valence-electron chi connectivity index (χ3n) is 1.87. The number of nitrogen functional groups attached to an aromatic ring is 1. The van der Waals surface area contributed by atoms with Gasteiger partial charge in [-0.25, -0.2) is 0 Å². The predicted octanol–water partition coefficient (Wildman–Crippen LogP) is 2.93. The molecular formula is C9H8ClNOS. The van der Waals surface area contributed by atoms with Crippen molar-refractivity contribution in [1.82, 2.24) is 0 Å². The van der Waals surface area contributed by atoms with Crippen molar-refractivity contribution in [3.05, 3.63) is 23.1 Å². The SMILES string of the molecule is Nc1ccc(O)c2cc(CCl)sc12. The van der Waals surface area contributed by atoms with Gasteiger partial charge in [0.1, 0.15) is 5.75 Å². The zero-order valence-corrected chi connectivity index (χ0v) is 8.32. The van der Waals surface area contributed by atoms with Gasteiger partial charge < -0.3 is 10.8 Å². The molecule has 3 N–H and O–H groups in total. The highest BCUT2D eigenvalue weighted by Gasteiger charge is 2.07. The fraction of sp³-hybridized carbons (Fsp3) is 0.111. The van der Waals surface area contributed by atoms with Crippen molar-refractivity contribution in [2.24, 2.45) is 0 Å². The van der Waals surface area contributed by atoms with Crippen LogP contribution in [0.15, 0.2) is 18.2 Å². The van der Waals surface area contributed by atoms with E-state index in [1.807, 2.05) is 6.07 Å². The number of aromatic hydroxyl groups is 1. The van der Waals surface area contributed by atoms with Crippen LogP contribution in [-0.4, -0.2) is 5.11 Å². The number of hydrogen-bond donors (Lipinski definition) is 2. The van der Waals surface area contributed by atoms with Crippen LogP contribution in [-0.2, 0) is 5.88 Å². The highest BCUT2D eigenvalue weighted by Crippen LogP contribution is 2.36. The van der Waals surface area contributed by atoms with Gasteiger partial charge in [-0.05, 0) is 18.2 Å². The van der Waals surface area contributed by atoms with Crippen LogP contribution in [0.1, 0.15) is 4.88 Å². The maximum Gasteiger partial charge on any atom is 0.124 e. The number of fused-ring (bicyclic) bond motifs is 1. The second-order valence-electron chi connectivity index (χ2n) is 2.76. The van der Waals surface area contributed by atoms with E-state index < -0.39 is 0 Å². The van der Waals surface area contributed by atoms with E-state index >= 15 is 0 Å². The maximum atomic E-state index is 9.51. The van der Waals surface area contributed by atoms with Gasteiger partial charge in [-0.3, -0.25) is 0 Å². The fourth-order valence-electron chi connectivity index (χ4n) is 1.25. The van der Waals surface area contributed by atoms with Crippen molar-refractivity contribution >= 4 is 38.7 Å². The van der Waals surface area contributed by atoms with E-state index in [9.17, 15) is 5.11 Å². The molecule has 1 aromatic carbocycles. The Bertz CT molecular complexity index is 413. The largest absolute Gasteiger partial charge is 0.507 e. The number of hydrogen-bond acceptors (Lipinski definition) is 3. The van der Waals surface area contributed by atoms with E-state index in [1.165, 1.54) is 11.3 Å². The molecule has 0 saturated carbocycles. The lowest BCUT2D eigenvalue weighted by Gasteiger charge is -1.96. The minimum atomic E-state index is 0.261. The number of nitrogens with two attached hydrogens (primary N) is 1. The maximum absolute atomic E-state index is 9.51. The number of benzene rings is 1. The zero-order valence-electron chi connectivity index (χ0n) is 6.75. The summed E-state index contributed by atoms with van der Waals surface area (Å²) in [6.45, 7) is 0. The highest BCUT2D eigenvalue weighted by atomic mass is 35.5. The van der Waals surface area contributed by atoms with Crippen molar-refractivity contribution in [3.8, 4) is 5.75 Å². The second kappa shape index (κ2) is 3.09. The monoisotopic (exact) mass is 213 g/mol. The standard InChI is InChI=1S/C9H8ClNOS/c10-4-5-3-6-8(12)2-1-7(11)9(6)13-5/h1-3,12H,4,11H2. The van der Waals surface area contributed by atoms with Crippen LogP contribution in [0.5, 0.6) is 5.75 Å². The second-order valence-corrected chi connectivity index (χ2v) is 4.17. The first-order chi connectivity index (χ1) is 6.22. The molecule has 0 aliphatic heterocycles. The number of alkyl halides is 1. The lowest BCUT2D eigenvalue weighted by atomic mass is 10.2. The van der Waals surface area contributed by atoms with Gasteiger partial charge in [-0.15, -0.1) is 22.9 Å². The van der Waals surface area contributed by atoms with Gasteiger partial charge in [0, 0.05) is 16.0 Å². The van der Waals surface area contributed by atoms with E-state index in [0.717, 1.165) is 15.0 Å². The smallest absolute Gasteiger partial charge is 0.124 e. The Labute approximate surface area is 84.6 Å². The highest BCUT2D eigenvalue weighted by molar-refractivity contribution is 7.19. The molecule has 0 spiro atoms. The first-order valence-electron chi connectivity index (χ1n) is 3.78. The quantitative estimate of drug-likeness (QED) is 0.435. The van der Waals surface area contributed by atoms with Gasteiger partial charge in [0.25, 0.3) is 0 Å². The van der Waals surface area contributed by atoms with Crippen LogP contribution >= 0.6 is 22.9 Å². The number of phenolic OH excluding ortho intramolecular Hbond substituents is 1. The molecule has 0 saturated heterocycles. The van der Waals surface area contributed by atoms with Crippen LogP contribution in [0.3, 0.4) is 0 Å². The zero-order chi connectivity index (χ0) is 9.42. The predicted molar refractivity (Wildman–Crippen MR) is 57.5 cm³/mol. The first-order valence-corrected chi connectivity index (χ1v) is 5.13. The van der Waals surface area contributed by atoms with Crippen LogP contribution in [0.4, 0.5) is 5.69 Å². The van der Waals surface area contributed by atoms with Crippen LogP contribution < -0.4 is 5.73 Å². The molecule has 0 unspecified atom stereocenters. The Morgan fingerprint density at radius 3 is 2.85 bits per heavy atom. The molecule has 0 fully saturated rings. The molecule has 0 aliphatic carbocycles. The van der Waals surface area contributed by atoms with E-state index in [1.54, 1.807) is 12.1 Å². The van der Waals surface area contributed by atoms with Gasteiger partial charge in [-0.2, -0.15) is 0 Å². The topological polar surface area (TPSA) is 46.2 Å². The molecule has 2 aromatic rings. The molecule has 2 rings (SSSR count). The van der Waals surface area contributed by atoms with E-state index in [-0.39, 0.29) is 5.75 Å². The molecule has 2 nitrogen and oxygen atoms in total. The molecule has 0 atom stereocenters.